The quantitative estimate of drug-likeness (QED) is 0.822. The lowest BCUT2D eigenvalue weighted by Crippen LogP contribution is -2.43. The third-order valence-electron chi connectivity index (χ3n) is 3.96. The highest BCUT2D eigenvalue weighted by Gasteiger charge is 2.34. The third-order valence-corrected chi connectivity index (χ3v) is 7.51. The van der Waals surface area contributed by atoms with E-state index in [0.29, 0.717) is 6.54 Å². The number of sulfone groups is 1. The fourth-order valence-corrected chi connectivity index (χ4v) is 5.73. The second kappa shape index (κ2) is 6.47. The first kappa shape index (κ1) is 17.7. The number of hydrogen-bond acceptors (Lipinski definition) is 4. The number of piperidine rings is 1. The molecule has 22 heavy (non-hydrogen) atoms. The van der Waals surface area contributed by atoms with Crippen LogP contribution in [0.1, 0.15) is 32.6 Å². The summed E-state index contributed by atoms with van der Waals surface area (Å²) in [6.45, 7) is 2.40. The molecule has 0 saturated carbocycles. The molecule has 124 valence electrons. The van der Waals surface area contributed by atoms with E-state index in [4.69, 9.17) is 11.6 Å². The molecule has 0 amide bonds. The Morgan fingerprint density at radius 1 is 1.23 bits per heavy atom. The monoisotopic (exact) mass is 365 g/mol. The van der Waals surface area contributed by atoms with Crippen molar-refractivity contribution in [3.63, 3.8) is 0 Å². The Hall–Kier alpha value is -0.630. The first-order valence-corrected chi connectivity index (χ1v) is 10.9. The maximum Gasteiger partial charge on any atom is 0.244 e. The van der Waals surface area contributed by atoms with Gasteiger partial charge in [-0.25, -0.2) is 16.8 Å². The second-order valence-corrected chi connectivity index (χ2v) is 9.82. The molecule has 1 heterocycles. The van der Waals surface area contributed by atoms with Crippen LogP contribution in [0.3, 0.4) is 0 Å². The van der Waals surface area contributed by atoms with Gasteiger partial charge in [0.05, 0.1) is 9.92 Å². The number of rotatable bonds is 4. The van der Waals surface area contributed by atoms with E-state index in [2.05, 4.69) is 0 Å². The van der Waals surface area contributed by atoms with Gasteiger partial charge in [-0.2, -0.15) is 4.31 Å². The van der Waals surface area contributed by atoms with Crippen LogP contribution in [-0.2, 0) is 19.9 Å². The molecule has 0 N–H and O–H groups in total. The van der Waals surface area contributed by atoms with Crippen LogP contribution in [0.25, 0.3) is 0 Å². The van der Waals surface area contributed by atoms with E-state index in [0.717, 1.165) is 38.0 Å². The predicted molar refractivity (Wildman–Crippen MR) is 86.4 cm³/mol. The van der Waals surface area contributed by atoms with Gasteiger partial charge in [0.25, 0.3) is 0 Å². The molecule has 1 aliphatic heterocycles. The molecule has 0 unspecified atom stereocenters. The Kier molecular flexibility index (Phi) is 5.21. The second-order valence-electron chi connectivity index (χ2n) is 5.54. The molecule has 1 saturated heterocycles. The average Bonchev–Trinajstić information content (AvgIpc) is 2.46. The fraction of sp³-hybridized carbons (Fsp3) is 0.571. The lowest BCUT2D eigenvalue weighted by atomic mass is 10.0. The van der Waals surface area contributed by atoms with Crippen molar-refractivity contribution in [2.45, 2.75) is 48.4 Å². The highest BCUT2D eigenvalue weighted by molar-refractivity contribution is 7.91. The van der Waals surface area contributed by atoms with Crippen molar-refractivity contribution in [3.8, 4) is 0 Å². The molecule has 0 spiro atoms. The molecule has 0 radical (unpaired) electrons. The van der Waals surface area contributed by atoms with Crippen molar-refractivity contribution >= 4 is 31.5 Å². The van der Waals surface area contributed by atoms with Crippen molar-refractivity contribution in [1.82, 2.24) is 4.31 Å². The normalized spacial score (nSPS) is 21.0. The van der Waals surface area contributed by atoms with Gasteiger partial charge >= 0.3 is 0 Å². The van der Waals surface area contributed by atoms with E-state index < -0.39 is 19.9 Å². The Bertz CT molecular complexity index is 759. The van der Waals surface area contributed by atoms with Crippen LogP contribution in [-0.4, -0.2) is 40.0 Å². The zero-order valence-electron chi connectivity index (χ0n) is 12.6. The van der Waals surface area contributed by atoms with Crippen LogP contribution in [0, 0.1) is 0 Å². The summed E-state index contributed by atoms with van der Waals surface area (Å²) < 4.78 is 50.6. The molecule has 0 aromatic heterocycles. The van der Waals surface area contributed by atoms with Gasteiger partial charge in [0, 0.05) is 18.8 Å². The number of halogens is 1. The molecule has 1 aromatic rings. The summed E-state index contributed by atoms with van der Waals surface area (Å²) in [6, 6.07) is 3.76. The van der Waals surface area contributed by atoms with Crippen molar-refractivity contribution in [1.29, 1.82) is 0 Å². The zero-order chi connectivity index (χ0) is 16.5. The Labute approximate surface area is 137 Å². The molecular formula is C14H20ClNO4S2. The first-order valence-electron chi connectivity index (χ1n) is 7.19. The minimum atomic E-state index is -3.80. The van der Waals surface area contributed by atoms with Crippen LogP contribution >= 0.6 is 11.6 Å². The van der Waals surface area contributed by atoms with E-state index in [-0.39, 0.29) is 20.9 Å². The van der Waals surface area contributed by atoms with Crippen molar-refractivity contribution in [2.24, 2.45) is 0 Å². The van der Waals surface area contributed by atoms with Crippen molar-refractivity contribution in [3.05, 3.63) is 23.2 Å². The highest BCUT2D eigenvalue weighted by atomic mass is 35.5. The van der Waals surface area contributed by atoms with E-state index in [1.165, 1.54) is 16.4 Å². The molecule has 1 aliphatic rings. The lowest BCUT2D eigenvalue weighted by Gasteiger charge is -2.34. The van der Waals surface area contributed by atoms with Crippen LogP contribution in [0.15, 0.2) is 28.0 Å². The van der Waals surface area contributed by atoms with Gasteiger partial charge in [0.2, 0.25) is 10.0 Å². The van der Waals surface area contributed by atoms with E-state index in [9.17, 15) is 16.8 Å². The Morgan fingerprint density at radius 2 is 1.91 bits per heavy atom. The van der Waals surface area contributed by atoms with Crippen molar-refractivity contribution in [2.75, 3.05) is 12.8 Å². The summed E-state index contributed by atoms with van der Waals surface area (Å²) in [4.78, 5) is -0.169. The number of nitrogens with zero attached hydrogens (tertiary/aromatic N) is 1. The number of sulfonamides is 1. The topological polar surface area (TPSA) is 71.5 Å². The van der Waals surface area contributed by atoms with E-state index in [1.807, 2.05) is 6.92 Å². The summed E-state index contributed by atoms with van der Waals surface area (Å²) in [5.41, 5.74) is 0. The predicted octanol–water partition coefficient (Wildman–Crippen LogP) is 2.70. The Morgan fingerprint density at radius 3 is 2.50 bits per heavy atom. The SMILES string of the molecule is CC[C@H]1CCCCN1S(=O)(=O)c1cc(S(C)(=O)=O)ccc1Cl. The maximum atomic E-state index is 12.9. The average molecular weight is 366 g/mol. The third kappa shape index (κ3) is 3.48. The minimum absolute atomic E-state index is 0.0412. The van der Waals surface area contributed by atoms with Gasteiger partial charge < -0.3 is 0 Å². The molecule has 1 atom stereocenters. The van der Waals surface area contributed by atoms with Crippen LogP contribution < -0.4 is 0 Å². The molecular weight excluding hydrogens is 346 g/mol. The van der Waals surface area contributed by atoms with Gasteiger partial charge in [-0.05, 0) is 37.5 Å². The van der Waals surface area contributed by atoms with E-state index in [1.54, 1.807) is 0 Å². The largest absolute Gasteiger partial charge is 0.244 e. The zero-order valence-corrected chi connectivity index (χ0v) is 15.0. The number of benzene rings is 1. The molecule has 2 rings (SSSR count). The molecule has 0 aliphatic carbocycles. The lowest BCUT2D eigenvalue weighted by molar-refractivity contribution is 0.246. The van der Waals surface area contributed by atoms with Gasteiger partial charge in [-0.1, -0.05) is 24.9 Å². The maximum absolute atomic E-state index is 12.9. The standard InChI is InChI=1S/C14H20ClNO4S2/c1-3-11-6-4-5-9-16(11)22(19,20)14-10-12(21(2,17)18)7-8-13(14)15/h7-8,10-11H,3-6,9H2,1-2H3/t11-/m0/s1. The van der Waals surface area contributed by atoms with Gasteiger partial charge in [-0.15, -0.1) is 0 Å². The van der Waals surface area contributed by atoms with E-state index >= 15 is 0 Å². The fourth-order valence-electron chi connectivity index (χ4n) is 2.74. The smallest absolute Gasteiger partial charge is 0.224 e. The summed E-state index contributed by atoms with van der Waals surface area (Å²) in [5, 5.41) is 0.0489. The Balaban J connectivity index is 2.53. The molecule has 1 aromatic carbocycles. The van der Waals surface area contributed by atoms with Crippen LogP contribution in [0.5, 0.6) is 0 Å². The van der Waals surface area contributed by atoms with Gasteiger partial charge in [-0.3, -0.25) is 0 Å². The molecule has 1 fully saturated rings. The minimum Gasteiger partial charge on any atom is -0.224 e. The molecule has 8 heteroatoms. The summed E-state index contributed by atoms with van der Waals surface area (Å²) in [7, 11) is -7.29. The molecule has 5 nitrogen and oxygen atoms in total. The van der Waals surface area contributed by atoms with Gasteiger partial charge in [0.1, 0.15) is 4.90 Å². The summed E-state index contributed by atoms with van der Waals surface area (Å²) >= 11 is 6.04. The summed E-state index contributed by atoms with van der Waals surface area (Å²) in [6.07, 6.45) is 4.39. The number of hydrogen-bond donors (Lipinski definition) is 0. The summed E-state index contributed by atoms with van der Waals surface area (Å²) in [5.74, 6) is 0. The van der Waals surface area contributed by atoms with Crippen LogP contribution in [0.4, 0.5) is 0 Å². The first-order chi connectivity index (χ1) is 10.2. The molecule has 0 bridgehead atoms. The van der Waals surface area contributed by atoms with Crippen molar-refractivity contribution < 1.29 is 16.8 Å². The van der Waals surface area contributed by atoms with Gasteiger partial charge in [0.15, 0.2) is 9.84 Å². The highest BCUT2D eigenvalue weighted by Crippen LogP contribution is 2.32. The van der Waals surface area contributed by atoms with Crippen LogP contribution in [0.2, 0.25) is 5.02 Å².